The number of nitrogens with zero attached hydrogens (tertiary/aromatic N) is 2. The number of anilines is 2. The van der Waals surface area contributed by atoms with Crippen LogP contribution >= 0.6 is 0 Å². The van der Waals surface area contributed by atoms with Crippen molar-refractivity contribution >= 4 is 35.0 Å². The Labute approximate surface area is 113 Å². The summed E-state index contributed by atoms with van der Waals surface area (Å²) in [5.41, 5.74) is 0.413. The van der Waals surface area contributed by atoms with Crippen LogP contribution < -0.4 is 9.80 Å². The molecule has 0 aliphatic carbocycles. The molecule has 1 aromatic rings. The molecule has 6 heteroatoms. The van der Waals surface area contributed by atoms with Gasteiger partial charge in [0.05, 0.1) is 11.4 Å². The van der Waals surface area contributed by atoms with Gasteiger partial charge in [-0.25, -0.2) is 9.80 Å². The van der Waals surface area contributed by atoms with E-state index in [9.17, 15) is 19.2 Å². The van der Waals surface area contributed by atoms with E-state index in [1.165, 1.54) is 12.1 Å². The van der Waals surface area contributed by atoms with Crippen LogP contribution in [0.5, 0.6) is 0 Å². The first-order chi connectivity index (χ1) is 9.59. The number of imide groups is 2. The maximum atomic E-state index is 11.7. The van der Waals surface area contributed by atoms with E-state index in [-0.39, 0.29) is 11.4 Å². The van der Waals surface area contributed by atoms with Crippen LogP contribution in [0, 0.1) is 0 Å². The van der Waals surface area contributed by atoms with Crippen LogP contribution in [0.2, 0.25) is 0 Å². The Morgan fingerprint density at radius 3 is 1.15 bits per heavy atom. The predicted molar refractivity (Wildman–Crippen MR) is 69.7 cm³/mol. The molecule has 0 unspecified atom stereocenters. The van der Waals surface area contributed by atoms with Gasteiger partial charge in [-0.05, 0) is 12.1 Å². The lowest BCUT2D eigenvalue weighted by Crippen LogP contribution is -2.35. The van der Waals surface area contributed by atoms with E-state index in [4.69, 9.17) is 0 Å². The highest BCUT2D eigenvalue weighted by molar-refractivity contribution is 6.33. The highest BCUT2D eigenvalue weighted by Gasteiger charge is 2.32. The number of hydrogen-bond donors (Lipinski definition) is 0. The molecule has 2 heterocycles. The van der Waals surface area contributed by atoms with E-state index in [1.807, 2.05) is 0 Å². The maximum absolute atomic E-state index is 11.7. The molecule has 0 aromatic heterocycles. The second-order valence-electron chi connectivity index (χ2n) is 4.18. The lowest BCUT2D eigenvalue weighted by Gasteiger charge is -2.22. The Hall–Kier alpha value is -3.02. The minimum atomic E-state index is -0.505. The van der Waals surface area contributed by atoms with Crippen LogP contribution in [0.4, 0.5) is 11.4 Å². The van der Waals surface area contributed by atoms with Crippen molar-refractivity contribution < 1.29 is 19.2 Å². The topological polar surface area (TPSA) is 74.8 Å². The molecule has 0 atom stereocenters. The Balaban J connectivity index is 2.10. The number of para-hydroxylation sites is 2. The van der Waals surface area contributed by atoms with Crippen molar-refractivity contribution in [3.05, 3.63) is 48.6 Å². The molecular formula is C14H8N2O4. The van der Waals surface area contributed by atoms with Gasteiger partial charge in [0.15, 0.2) is 0 Å². The SMILES string of the molecule is O=C1C=CC(=O)N1c1ccccc1N1C(=O)C=CC1=O. The lowest BCUT2D eigenvalue weighted by molar-refractivity contribution is -0.122. The number of hydrogen-bond acceptors (Lipinski definition) is 4. The number of benzene rings is 1. The summed E-state index contributed by atoms with van der Waals surface area (Å²) in [5.74, 6) is -2.02. The van der Waals surface area contributed by atoms with Crippen LogP contribution in [0.3, 0.4) is 0 Å². The smallest absolute Gasteiger partial charge is 0.258 e. The molecule has 2 aliphatic rings. The number of carbonyl (C=O) groups excluding carboxylic acids is 4. The quantitative estimate of drug-likeness (QED) is 0.734. The third-order valence-electron chi connectivity index (χ3n) is 2.98. The van der Waals surface area contributed by atoms with E-state index in [0.29, 0.717) is 0 Å². The largest absolute Gasteiger partial charge is 0.269 e. The van der Waals surface area contributed by atoms with Gasteiger partial charge in [0.2, 0.25) is 0 Å². The Bertz CT molecular complexity index is 621. The molecule has 3 rings (SSSR count). The second kappa shape index (κ2) is 4.27. The lowest BCUT2D eigenvalue weighted by atomic mass is 10.2. The maximum Gasteiger partial charge on any atom is 0.258 e. The molecule has 0 saturated heterocycles. The summed E-state index contributed by atoms with van der Waals surface area (Å²) in [6.45, 7) is 0. The van der Waals surface area contributed by atoms with Gasteiger partial charge in [-0.3, -0.25) is 19.2 Å². The molecule has 6 nitrogen and oxygen atoms in total. The van der Waals surface area contributed by atoms with Crippen molar-refractivity contribution in [2.45, 2.75) is 0 Å². The molecule has 98 valence electrons. The summed E-state index contributed by atoms with van der Waals surface area (Å²) in [6, 6.07) is 6.26. The average Bonchev–Trinajstić information content (AvgIpc) is 2.93. The Morgan fingerprint density at radius 2 is 0.850 bits per heavy atom. The van der Waals surface area contributed by atoms with Crippen LogP contribution in [-0.2, 0) is 19.2 Å². The fourth-order valence-corrected chi connectivity index (χ4v) is 2.12. The van der Waals surface area contributed by atoms with E-state index < -0.39 is 23.6 Å². The molecule has 0 bridgehead atoms. The standard InChI is InChI=1S/C14H8N2O4/c17-11-5-6-12(18)15(11)9-3-1-2-4-10(9)16-13(19)7-8-14(16)20/h1-8H. The minimum absolute atomic E-state index is 0.206. The van der Waals surface area contributed by atoms with Gasteiger partial charge in [-0.15, -0.1) is 0 Å². The zero-order valence-electron chi connectivity index (χ0n) is 10.1. The first kappa shape index (κ1) is 12.0. The van der Waals surface area contributed by atoms with Gasteiger partial charge < -0.3 is 0 Å². The normalized spacial score (nSPS) is 17.8. The van der Waals surface area contributed by atoms with Crippen LogP contribution in [0.1, 0.15) is 0 Å². The van der Waals surface area contributed by atoms with Gasteiger partial charge in [-0.1, -0.05) is 12.1 Å². The molecule has 0 spiro atoms. The minimum Gasteiger partial charge on any atom is -0.269 e. The van der Waals surface area contributed by atoms with Crippen molar-refractivity contribution in [2.75, 3.05) is 9.80 Å². The fraction of sp³-hybridized carbons (Fsp3) is 0. The monoisotopic (exact) mass is 268 g/mol. The van der Waals surface area contributed by atoms with Gasteiger partial charge in [-0.2, -0.15) is 0 Å². The molecule has 0 fully saturated rings. The molecule has 1 aromatic carbocycles. The number of rotatable bonds is 2. The van der Waals surface area contributed by atoms with E-state index in [1.54, 1.807) is 12.1 Å². The molecule has 0 N–H and O–H groups in total. The van der Waals surface area contributed by atoms with Gasteiger partial charge in [0.1, 0.15) is 0 Å². The summed E-state index contributed by atoms with van der Waals surface area (Å²) in [5, 5.41) is 0. The van der Waals surface area contributed by atoms with Crippen molar-refractivity contribution in [2.24, 2.45) is 0 Å². The van der Waals surface area contributed by atoms with Crippen molar-refractivity contribution in [1.82, 2.24) is 0 Å². The molecule has 0 saturated carbocycles. The first-order valence-electron chi connectivity index (χ1n) is 5.81. The molecule has 4 amide bonds. The molecule has 2 aliphatic heterocycles. The van der Waals surface area contributed by atoms with Crippen molar-refractivity contribution in [3.8, 4) is 0 Å². The number of amides is 4. The third-order valence-corrected chi connectivity index (χ3v) is 2.98. The van der Waals surface area contributed by atoms with Crippen molar-refractivity contribution in [3.63, 3.8) is 0 Å². The summed E-state index contributed by atoms with van der Waals surface area (Å²) in [7, 11) is 0. The highest BCUT2D eigenvalue weighted by Crippen LogP contribution is 2.32. The average molecular weight is 268 g/mol. The van der Waals surface area contributed by atoms with E-state index >= 15 is 0 Å². The zero-order valence-corrected chi connectivity index (χ0v) is 10.1. The Morgan fingerprint density at radius 1 is 0.550 bits per heavy atom. The van der Waals surface area contributed by atoms with Gasteiger partial charge >= 0.3 is 0 Å². The summed E-state index contributed by atoms with van der Waals surface area (Å²) >= 11 is 0. The third kappa shape index (κ3) is 1.66. The highest BCUT2D eigenvalue weighted by atomic mass is 16.2. The summed E-state index contributed by atoms with van der Waals surface area (Å²) in [6.07, 6.45) is 4.58. The van der Waals surface area contributed by atoms with Gasteiger partial charge in [0, 0.05) is 24.3 Å². The van der Waals surface area contributed by atoms with Crippen molar-refractivity contribution in [1.29, 1.82) is 0 Å². The fourth-order valence-electron chi connectivity index (χ4n) is 2.12. The van der Waals surface area contributed by atoms with Crippen LogP contribution in [0.15, 0.2) is 48.6 Å². The first-order valence-corrected chi connectivity index (χ1v) is 5.81. The molecule has 20 heavy (non-hydrogen) atoms. The zero-order chi connectivity index (χ0) is 14.3. The van der Waals surface area contributed by atoms with E-state index in [2.05, 4.69) is 0 Å². The predicted octanol–water partition coefficient (Wildman–Crippen LogP) is 0.545. The second-order valence-corrected chi connectivity index (χ2v) is 4.18. The van der Waals surface area contributed by atoms with E-state index in [0.717, 1.165) is 34.1 Å². The molecular weight excluding hydrogens is 260 g/mol. The van der Waals surface area contributed by atoms with Crippen LogP contribution in [-0.4, -0.2) is 23.6 Å². The van der Waals surface area contributed by atoms with Crippen LogP contribution in [0.25, 0.3) is 0 Å². The summed E-state index contributed by atoms with van der Waals surface area (Å²) in [4.78, 5) is 48.8. The van der Waals surface area contributed by atoms with Gasteiger partial charge in [0.25, 0.3) is 23.6 Å². The number of carbonyl (C=O) groups is 4. The Kier molecular flexibility index (Phi) is 2.57. The summed E-state index contributed by atoms with van der Waals surface area (Å²) < 4.78 is 0. The molecule has 0 radical (unpaired) electrons.